The summed E-state index contributed by atoms with van der Waals surface area (Å²) in [4.78, 5) is 17.4. The van der Waals surface area contributed by atoms with Crippen molar-refractivity contribution in [2.45, 2.75) is 13.0 Å². The van der Waals surface area contributed by atoms with Crippen molar-refractivity contribution in [1.29, 1.82) is 0 Å². The first-order valence-corrected chi connectivity index (χ1v) is 6.03. The molecule has 0 aliphatic heterocycles. The minimum Gasteiger partial charge on any atom is -0.490 e. The molecule has 0 fully saturated rings. The first kappa shape index (κ1) is 11.2. The summed E-state index contributed by atoms with van der Waals surface area (Å²) in [5, 5.41) is 0. The second kappa shape index (κ2) is 4.60. The highest BCUT2D eigenvalue weighted by molar-refractivity contribution is 7.51. The van der Waals surface area contributed by atoms with E-state index in [1.807, 2.05) is 6.07 Å². The molecule has 1 rings (SSSR count). The average Bonchev–Trinajstić information content (AvgIpc) is 2.02. The number of hydrogen-bond acceptors (Lipinski definition) is 2. The van der Waals surface area contributed by atoms with Crippen molar-refractivity contribution in [2.75, 3.05) is 6.16 Å². The van der Waals surface area contributed by atoms with Crippen molar-refractivity contribution >= 4 is 7.60 Å². The van der Waals surface area contributed by atoms with Gasteiger partial charge in [-0.2, -0.15) is 0 Å². The summed E-state index contributed by atoms with van der Waals surface area (Å²) >= 11 is 0. The fraction of sp³-hybridized carbons (Fsp3) is 0.333. The molecule has 0 aliphatic carbocycles. The topological polar surface area (TPSA) is 66.8 Å². The van der Waals surface area contributed by atoms with E-state index in [2.05, 4.69) is 0 Å². The molecule has 0 saturated heterocycles. The molecule has 78 valence electrons. The Kier molecular flexibility index (Phi) is 3.69. The van der Waals surface area contributed by atoms with Crippen LogP contribution in [-0.4, -0.2) is 22.1 Å². The van der Waals surface area contributed by atoms with E-state index < -0.39 is 13.7 Å². The molecule has 5 heteroatoms. The molecule has 0 aliphatic rings. The Hall–Kier alpha value is -0.830. The Bertz CT molecular complexity index is 319. The molecule has 1 atom stereocenters. The lowest BCUT2D eigenvalue weighted by Gasteiger charge is -2.14. The van der Waals surface area contributed by atoms with E-state index in [0.29, 0.717) is 5.75 Å². The minimum atomic E-state index is -3.98. The molecule has 0 aromatic heterocycles. The number of hydrogen-bond donors (Lipinski definition) is 2. The van der Waals surface area contributed by atoms with Crippen molar-refractivity contribution in [2.24, 2.45) is 0 Å². The zero-order chi connectivity index (χ0) is 10.6. The van der Waals surface area contributed by atoms with Gasteiger partial charge in [0.25, 0.3) is 0 Å². The van der Waals surface area contributed by atoms with E-state index in [4.69, 9.17) is 14.5 Å². The number of para-hydroxylation sites is 1. The summed E-state index contributed by atoms with van der Waals surface area (Å²) in [5.74, 6) is 0.619. The minimum absolute atomic E-state index is 0.262. The van der Waals surface area contributed by atoms with Gasteiger partial charge in [0.05, 0.1) is 6.16 Å². The summed E-state index contributed by atoms with van der Waals surface area (Å²) < 4.78 is 15.9. The molecule has 0 saturated carbocycles. The SMILES string of the molecule is CC(CP(=O)(O)O)Oc1ccccc1. The number of benzene rings is 1. The van der Waals surface area contributed by atoms with E-state index in [-0.39, 0.29) is 6.16 Å². The maximum Gasteiger partial charge on any atom is 0.329 e. The zero-order valence-corrected chi connectivity index (χ0v) is 8.72. The molecular weight excluding hydrogens is 203 g/mol. The summed E-state index contributed by atoms with van der Waals surface area (Å²) in [6, 6.07) is 8.95. The van der Waals surface area contributed by atoms with E-state index in [9.17, 15) is 4.57 Å². The Morgan fingerprint density at radius 2 is 1.93 bits per heavy atom. The van der Waals surface area contributed by atoms with Crippen molar-refractivity contribution < 1.29 is 19.1 Å². The van der Waals surface area contributed by atoms with Gasteiger partial charge in [-0.1, -0.05) is 18.2 Å². The molecule has 1 aromatic carbocycles. The van der Waals surface area contributed by atoms with Gasteiger partial charge in [0.1, 0.15) is 11.9 Å². The van der Waals surface area contributed by atoms with Gasteiger partial charge < -0.3 is 14.5 Å². The van der Waals surface area contributed by atoms with Crippen LogP contribution in [-0.2, 0) is 4.57 Å². The van der Waals surface area contributed by atoms with Crippen LogP contribution in [0.1, 0.15) is 6.92 Å². The fourth-order valence-electron chi connectivity index (χ4n) is 1.10. The van der Waals surface area contributed by atoms with Gasteiger partial charge in [-0.05, 0) is 19.1 Å². The second-order valence-corrected chi connectivity index (χ2v) is 4.78. The van der Waals surface area contributed by atoms with Crippen LogP contribution >= 0.6 is 7.60 Å². The Balaban J connectivity index is 2.50. The maximum absolute atomic E-state index is 10.6. The molecule has 0 bridgehead atoms. The number of ether oxygens (including phenoxy) is 1. The molecule has 1 aromatic rings. The van der Waals surface area contributed by atoms with Gasteiger partial charge in [0, 0.05) is 0 Å². The van der Waals surface area contributed by atoms with Crippen molar-refractivity contribution in [1.82, 2.24) is 0 Å². The molecule has 0 spiro atoms. The molecule has 1 unspecified atom stereocenters. The van der Waals surface area contributed by atoms with Crippen molar-refractivity contribution in [3.05, 3.63) is 30.3 Å². The molecule has 2 N–H and O–H groups in total. The smallest absolute Gasteiger partial charge is 0.329 e. The fourth-order valence-corrected chi connectivity index (χ4v) is 1.85. The lowest BCUT2D eigenvalue weighted by Crippen LogP contribution is -2.16. The third-order valence-corrected chi connectivity index (χ3v) is 2.57. The molecule has 0 heterocycles. The predicted octanol–water partition coefficient (Wildman–Crippen LogP) is 1.63. The lowest BCUT2D eigenvalue weighted by atomic mass is 10.3. The van der Waals surface area contributed by atoms with Gasteiger partial charge in [-0.15, -0.1) is 0 Å². The van der Waals surface area contributed by atoms with Crippen LogP contribution in [0, 0.1) is 0 Å². The highest BCUT2D eigenvalue weighted by atomic mass is 31.2. The van der Waals surface area contributed by atoms with Gasteiger partial charge >= 0.3 is 7.60 Å². The van der Waals surface area contributed by atoms with Gasteiger partial charge in [-0.3, -0.25) is 4.57 Å². The average molecular weight is 216 g/mol. The largest absolute Gasteiger partial charge is 0.490 e. The van der Waals surface area contributed by atoms with Gasteiger partial charge in [0.2, 0.25) is 0 Å². The van der Waals surface area contributed by atoms with E-state index >= 15 is 0 Å². The van der Waals surface area contributed by atoms with Crippen LogP contribution < -0.4 is 4.74 Å². The van der Waals surface area contributed by atoms with Crippen LogP contribution in [0.5, 0.6) is 5.75 Å². The summed E-state index contributed by atoms with van der Waals surface area (Å²) in [7, 11) is -3.98. The van der Waals surface area contributed by atoms with Crippen molar-refractivity contribution in [3.63, 3.8) is 0 Å². The second-order valence-electron chi connectivity index (χ2n) is 3.09. The molecular formula is C9H13O4P. The van der Waals surface area contributed by atoms with Crippen LogP contribution in [0.3, 0.4) is 0 Å². The molecule has 14 heavy (non-hydrogen) atoms. The van der Waals surface area contributed by atoms with E-state index in [1.54, 1.807) is 31.2 Å². The molecule has 4 nitrogen and oxygen atoms in total. The zero-order valence-electron chi connectivity index (χ0n) is 7.83. The Morgan fingerprint density at radius 3 is 2.43 bits per heavy atom. The van der Waals surface area contributed by atoms with E-state index in [0.717, 1.165) is 0 Å². The van der Waals surface area contributed by atoms with Crippen LogP contribution in [0.2, 0.25) is 0 Å². The standard InChI is InChI=1S/C9H13O4P/c1-8(7-14(10,11)12)13-9-5-3-2-4-6-9/h2-6,8H,7H2,1H3,(H2,10,11,12). The normalized spacial score (nSPS) is 13.6. The van der Waals surface area contributed by atoms with Crippen LogP contribution in [0.25, 0.3) is 0 Å². The van der Waals surface area contributed by atoms with Crippen molar-refractivity contribution in [3.8, 4) is 5.75 Å². The van der Waals surface area contributed by atoms with Crippen LogP contribution in [0.15, 0.2) is 30.3 Å². The van der Waals surface area contributed by atoms with E-state index in [1.165, 1.54) is 0 Å². The quantitative estimate of drug-likeness (QED) is 0.750. The number of rotatable bonds is 4. The third kappa shape index (κ3) is 4.42. The van der Waals surface area contributed by atoms with Gasteiger partial charge in [-0.25, -0.2) is 0 Å². The maximum atomic E-state index is 10.6. The van der Waals surface area contributed by atoms with Gasteiger partial charge in [0.15, 0.2) is 0 Å². The molecule has 0 radical (unpaired) electrons. The first-order chi connectivity index (χ1) is 6.47. The Labute approximate surface area is 82.7 Å². The lowest BCUT2D eigenvalue weighted by molar-refractivity contribution is 0.233. The monoisotopic (exact) mass is 216 g/mol. The predicted molar refractivity (Wildman–Crippen MR) is 53.4 cm³/mol. The third-order valence-electron chi connectivity index (χ3n) is 1.58. The summed E-state index contributed by atoms with van der Waals surface area (Å²) in [6.07, 6.45) is -0.750. The highest BCUT2D eigenvalue weighted by Gasteiger charge is 2.19. The molecule has 0 amide bonds. The summed E-state index contributed by atoms with van der Waals surface area (Å²) in [6.45, 7) is 1.63. The Morgan fingerprint density at radius 1 is 1.36 bits per heavy atom. The highest BCUT2D eigenvalue weighted by Crippen LogP contribution is 2.35. The summed E-state index contributed by atoms with van der Waals surface area (Å²) in [5.41, 5.74) is 0. The first-order valence-electron chi connectivity index (χ1n) is 4.23. The van der Waals surface area contributed by atoms with Crippen LogP contribution in [0.4, 0.5) is 0 Å².